The first-order chi connectivity index (χ1) is 15.1. The minimum absolute atomic E-state index is 0.258. The van der Waals surface area contributed by atoms with E-state index in [-0.39, 0.29) is 18.4 Å². The van der Waals surface area contributed by atoms with E-state index in [1.807, 2.05) is 18.2 Å². The summed E-state index contributed by atoms with van der Waals surface area (Å²) in [6.07, 6.45) is 1.69. The molecule has 3 rings (SSSR count). The maximum absolute atomic E-state index is 12.8. The molecule has 0 aliphatic carbocycles. The Hall–Kier alpha value is -4.07. The van der Waals surface area contributed by atoms with Gasteiger partial charge in [-0.3, -0.25) is 15.1 Å². The summed E-state index contributed by atoms with van der Waals surface area (Å²) >= 11 is 0. The lowest BCUT2D eigenvalue weighted by Gasteiger charge is -2.14. The Morgan fingerprint density at radius 2 is 1.65 bits per heavy atom. The molecular weight excluding hydrogens is 396 g/mol. The van der Waals surface area contributed by atoms with Gasteiger partial charge >= 0.3 is 0 Å². The van der Waals surface area contributed by atoms with Crippen molar-refractivity contribution in [2.24, 2.45) is 4.99 Å². The number of nitrogens with zero attached hydrogens (tertiary/aromatic N) is 2. The van der Waals surface area contributed by atoms with Crippen LogP contribution in [0.3, 0.4) is 0 Å². The van der Waals surface area contributed by atoms with Crippen molar-refractivity contribution in [3.63, 3.8) is 0 Å². The number of pyridine rings is 1. The molecule has 8 nitrogen and oxygen atoms in total. The number of benzene rings is 2. The van der Waals surface area contributed by atoms with Gasteiger partial charge in [0.25, 0.3) is 5.91 Å². The fourth-order valence-corrected chi connectivity index (χ4v) is 2.72. The minimum atomic E-state index is -0.332. The Labute approximate surface area is 180 Å². The van der Waals surface area contributed by atoms with E-state index in [2.05, 4.69) is 20.6 Å². The molecule has 160 valence electrons. The molecule has 0 radical (unpaired) electrons. The van der Waals surface area contributed by atoms with Crippen LogP contribution in [0, 0.1) is 0 Å². The van der Waals surface area contributed by atoms with Crippen molar-refractivity contribution in [2.45, 2.75) is 6.54 Å². The van der Waals surface area contributed by atoms with E-state index in [9.17, 15) is 4.79 Å². The molecule has 1 heterocycles. The smallest absolute Gasteiger partial charge is 0.258 e. The summed E-state index contributed by atoms with van der Waals surface area (Å²) in [5.74, 6) is 1.72. The first kappa shape index (κ1) is 21.6. The van der Waals surface area contributed by atoms with Crippen LogP contribution < -0.4 is 24.8 Å². The number of carbonyl (C=O) groups excluding carboxylic acids is 1. The van der Waals surface area contributed by atoms with Crippen LogP contribution in [0.15, 0.2) is 71.9 Å². The van der Waals surface area contributed by atoms with E-state index in [1.54, 1.807) is 70.0 Å². The second-order valence-electron chi connectivity index (χ2n) is 6.40. The van der Waals surface area contributed by atoms with Crippen LogP contribution in [0.5, 0.6) is 17.2 Å². The quantitative estimate of drug-likeness (QED) is 0.449. The molecule has 1 amide bonds. The van der Waals surface area contributed by atoms with Crippen LogP contribution in [0.2, 0.25) is 0 Å². The van der Waals surface area contributed by atoms with Crippen molar-refractivity contribution in [2.75, 3.05) is 26.6 Å². The number of carbonyl (C=O) groups is 1. The normalized spacial score (nSPS) is 10.9. The Morgan fingerprint density at radius 3 is 2.29 bits per heavy atom. The molecule has 8 heteroatoms. The predicted molar refractivity (Wildman–Crippen MR) is 119 cm³/mol. The molecule has 0 spiro atoms. The van der Waals surface area contributed by atoms with Crippen molar-refractivity contribution in [3.05, 3.63) is 78.1 Å². The van der Waals surface area contributed by atoms with E-state index in [4.69, 9.17) is 14.2 Å². The van der Waals surface area contributed by atoms with Gasteiger partial charge in [-0.15, -0.1) is 0 Å². The summed E-state index contributed by atoms with van der Waals surface area (Å²) in [5.41, 5.74) is 1.84. The van der Waals surface area contributed by atoms with Crippen LogP contribution >= 0.6 is 0 Å². The van der Waals surface area contributed by atoms with Gasteiger partial charge in [0.2, 0.25) is 5.96 Å². The molecule has 0 unspecified atom stereocenters. The predicted octanol–water partition coefficient (Wildman–Crippen LogP) is 3.51. The zero-order valence-electron chi connectivity index (χ0n) is 17.6. The number of hydrogen-bond donors (Lipinski definition) is 2. The van der Waals surface area contributed by atoms with E-state index >= 15 is 0 Å². The highest BCUT2D eigenvalue weighted by atomic mass is 16.5. The van der Waals surface area contributed by atoms with Crippen LogP contribution in [0.1, 0.15) is 16.1 Å². The highest BCUT2D eigenvalue weighted by molar-refractivity contribution is 6.10. The number of aromatic nitrogens is 1. The van der Waals surface area contributed by atoms with E-state index in [1.165, 1.54) is 0 Å². The number of aliphatic imine (C=N–C) groups is 1. The Bertz CT molecular complexity index is 1030. The van der Waals surface area contributed by atoms with Gasteiger partial charge in [-0.1, -0.05) is 12.1 Å². The summed E-state index contributed by atoms with van der Waals surface area (Å²) in [5, 5.41) is 5.94. The molecule has 31 heavy (non-hydrogen) atoms. The number of ether oxygens (including phenoxy) is 3. The van der Waals surface area contributed by atoms with Crippen molar-refractivity contribution in [1.29, 1.82) is 0 Å². The number of hydrogen-bond acceptors (Lipinski definition) is 6. The summed E-state index contributed by atoms with van der Waals surface area (Å²) in [6, 6.07) is 17.7. The second kappa shape index (κ2) is 10.6. The zero-order chi connectivity index (χ0) is 22.1. The topological polar surface area (TPSA) is 94.1 Å². The average Bonchev–Trinajstić information content (AvgIpc) is 2.82. The largest absolute Gasteiger partial charge is 0.497 e. The third-order valence-electron chi connectivity index (χ3n) is 4.30. The highest BCUT2D eigenvalue weighted by Crippen LogP contribution is 2.25. The molecule has 0 saturated heterocycles. The zero-order valence-corrected chi connectivity index (χ0v) is 17.6. The molecule has 3 aromatic rings. The van der Waals surface area contributed by atoms with Gasteiger partial charge in [-0.25, -0.2) is 4.99 Å². The van der Waals surface area contributed by atoms with Gasteiger partial charge in [0.05, 0.1) is 33.6 Å². The van der Waals surface area contributed by atoms with Crippen molar-refractivity contribution in [3.8, 4) is 17.2 Å². The van der Waals surface area contributed by atoms with Crippen molar-refractivity contribution < 1.29 is 19.0 Å². The average molecular weight is 420 g/mol. The Kier molecular flexibility index (Phi) is 7.42. The number of amides is 1. The summed E-state index contributed by atoms with van der Waals surface area (Å²) in [7, 11) is 4.69. The summed E-state index contributed by atoms with van der Waals surface area (Å²) in [6.45, 7) is 0.280. The van der Waals surface area contributed by atoms with E-state index in [0.29, 0.717) is 28.5 Å². The maximum Gasteiger partial charge on any atom is 0.258 e. The van der Waals surface area contributed by atoms with Crippen molar-refractivity contribution >= 4 is 17.6 Å². The molecule has 0 saturated carbocycles. The molecule has 2 N–H and O–H groups in total. The summed E-state index contributed by atoms with van der Waals surface area (Å²) in [4.78, 5) is 21.6. The lowest BCUT2D eigenvalue weighted by Crippen LogP contribution is -2.36. The highest BCUT2D eigenvalue weighted by Gasteiger charge is 2.12. The molecule has 0 fully saturated rings. The first-order valence-corrected chi connectivity index (χ1v) is 9.51. The Balaban J connectivity index is 1.86. The van der Waals surface area contributed by atoms with Gasteiger partial charge in [-0.2, -0.15) is 0 Å². The fourth-order valence-electron chi connectivity index (χ4n) is 2.72. The molecule has 2 aromatic carbocycles. The van der Waals surface area contributed by atoms with Crippen molar-refractivity contribution in [1.82, 2.24) is 10.3 Å². The van der Waals surface area contributed by atoms with Gasteiger partial charge in [0.15, 0.2) is 0 Å². The lowest BCUT2D eigenvalue weighted by molar-refractivity contribution is 0.0976. The fraction of sp³-hybridized carbons (Fsp3) is 0.174. The number of methoxy groups -OCH3 is 3. The lowest BCUT2D eigenvalue weighted by atomic mass is 10.2. The molecule has 0 atom stereocenters. The van der Waals surface area contributed by atoms with Crippen LogP contribution in [-0.4, -0.2) is 38.2 Å². The first-order valence-electron chi connectivity index (χ1n) is 9.51. The second-order valence-corrected chi connectivity index (χ2v) is 6.40. The van der Waals surface area contributed by atoms with Gasteiger partial charge < -0.3 is 19.5 Å². The number of rotatable bonds is 7. The number of anilines is 1. The number of guanidine groups is 1. The van der Waals surface area contributed by atoms with Gasteiger partial charge in [0, 0.05) is 35.6 Å². The molecule has 0 bridgehead atoms. The maximum atomic E-state index is 12.8. The SMILES string of the molecule is COc1cc(NC(=NCc2ccccn2)NC(=O)c2cccc(OC)c2)cc(OC)c1. The van der Waals surface area contributed by atoms with Gasteiger partial charge in [-0.05, 0) is 30.3 Å². The number of nitrogens with one attached hydrogen (secondary N) is 2. The summed E-state index contributed by atoms with van der Waals surface area (Å²) < 4.78 is 15.8. The van der Waals surface area contributed by atoms with Crippen LogP contribution in [0.25, 0.3) is 0 Å². The minimum Gasteiger partial charge on any atom is -0.497 e. The van der Waals surface area contributed by atoms with E-state index in [0.717, 1.165) is 5.69 Å². The third-order valence-corrected chi connectivity index (χ3v) is 4.30. The molecule has 0 aliphatic rings. The van der Waals surface area contributed by atoms with Gasteiger partial charge in [0.1, 0.15) is 17.2 Å². The van der Waals surface area contributed by atoms with Crippen LogP contribution in [0.4, 0.5) is 5.69 Å². The molecule has 0 aliphatic heterocycles. The standard InChI is InChI=1S/C23H24N4O4/c1-29-19-9-6-7-16(11-19)22(28)27-23(25-15-17-8-4-5-10-24-17)26-18-12-20(30-2)14-21(13-18)31-3/h4-14H,15H2,1-3H3,(H2,25,26,27,28). The molecule has 1 aromatic heterocycles. The monoisotopic (exact) mass is 420 g/mol. The Morgan fingerprint density at radius 1 is 0.903 bits per heavy atom. The molecular formula is C23H24N4O4. The third kappa shape index (κ3) is 6.20. The van der Waals surface area contributed by atoms with E-state index < -0.39 is 0 Å². The van der Waals surface area contributed by atoms with Crippen LogP contribution in [-0.2, 0) is 6.54 Å².